The van der Waals surface area contributed by atoms with E-state index in [2.05, 4.69) is 25.2 Å². The number of nitrogens with one attached hydrogen (secondary N) is 1. The number of nitrogens with zero attached hydrogens (tertiary/aromatic N) is 4. The van der Waals surface area contributed by atoms with Gasteiger partial charge in [-0.05, 0) is 68.1 Å². The maximum absolute atomic E-state index is 16.3. The summed E-state index contributed by atoms with van der Waals surface area (Å²) in [5, 5.41) is 20.4. The highest BCUT2D eigenvalue weighted by Gasteiger charge is 2.45. The van der Waals surface area contributed by atoms with Gasteiger partial charge in [0.1, 0.15) is 29.4 Å². The van der Waals surface area contributed by atoms with E-state index in [1.54, 1.807) is 6.07 Å². The molecule has 0 saturated carbocycles. The van der Waals surface area contributed by atoms with Gasteiger partial charge in [-0.15, -0.1) is 0 Å². The fourth-order valence-corrected chi connectivity index (χ4v) is 6.60. The zero-order valence-corrected chi connectivity index (χ0v) is 22.8. The van der Waals surface area contributed by atoms with E-state index in [0.717, 1.165) is 49.5 Å². The molecule has 0 unspecified atom stereocenters. The van der Waals surface area contributed by atoms with Crippen LogP contribution < -0.4 is 15.2 Å². The minimum atomic E-state index is -3.62. The molecular weight excluding hydrogens is 535 g/mol. The van der Waals surface area contributed by atoms with E-state index in [9.17, 15) is 13.5 Å². The summed E-state index contributed by atoms with van der Waals surface area (Å²) in [6, 6.07) is 10.5. The largest absolute Gasteiger partial charge is 0.508 e. The summed E-state index contributed by atoms with van der Waals surface area (Å²) >= 11 is 0. The van der Waals surface area contributed by atoms with Crippen molar-refractivity contribution >= 4 is 37.5 Å². The topological polar surface area (TPSA) is 144 Å². The van der Waals surface area contributed by atoms with Crippen LogP contribution in [0.1, 0.15) is 32.1 Å². The number of anilines is 1. The quantitative estimate of drug-likeness (QED) is 0.258. The molecule has 4 aromatic rings. The Labute approximate surface area is 231 Å². The lowest BCUT2D eigenvalue weighted by molar-refractivity contribution is 0.108. The summed E-state index contributed by atoms with van der Waals surface area (Å²) in [4.78, 5) is 15.9. The van der Waals surface area contributed by atoms with Gasteiger partial charge in [0, 0.05) is 18.3 Å². The van der Waals surface area contributed by atoms with E-state index in [0.29, 0.717) is 23.4 Å². The summed E-state index contributed by atoms with van der Waals surface area (Å²) in [5.41, 5.74) is 0.443. The van der Waals surface area contributed by atoms with Gasteiger partial charge in [-0.2, -0.15) is 9.97 Å². The molecule has 0 atom stereocenters. The van der Waals surface area contributed by atoms with Gasteiger partial charge in [0.25, 0.3) is 0 Å². The van der Waals surface area contributed by atoms with Gasteiger partial charge in [0.2, 0.25) is 10.0 Å². The highest BCUT2D eigenvalue weighted by molar-refractivity contribution is 7.89. The first-order valence-electron chi connectivity index (χ1n) is 13.4. The first-order chi connectivity index (χ1) is 19.2. The highest BCUT2D eigenvalue weighted by Crippen LogP contribution is 2.40. The van der Waals surface area contributed by atoms with Crippen LogP contribution in [-0.2, 0) is 10.0 Å². The Morgan fingerprint density at radius 2 is 1.90 bits per heavy atom. The van der Waals surface area contributed by atoms with Crippen LogP contribution in [0.4, 0.5) is 10.2 Å². The van der Waals surface area contributed by atoms with Crippen LogP contribution in [0.3, 0.4) is 0 Å². The zero-order valence-electron chi connectivity index (χ0n) is 21.9. The molecular formula is C28H31FN6O4S. The number of hydrogen-bond acceptors (Lipinski definition) is 9. The predicted octanol–water partition coefficient (Wildman–Crippen LogP) is 3.79. The third-order valence-electron chi connectivity index (χ3n) is 7.94. The molecule has 0 radical (unpaired) electrons. The van der Waals surface area contributed by atoms with Gasteiger partial charge in [-0.25, -0.2) is 17.9 Å². The number of aromatic hydroxyl groups is 1. The molecule has 2 saturated heterocycles. The fourth-order valence-electron chi connectivity index (χ4n) is 6.05. The van der Waals surface area contributed by atoms with Crippen LogP contribution in [-0.4, -0.2) is 70.9 Å². The molecule has 40 heavy (non-hydrogen) atoms. The first-order valence-corrected chi connectivity index (χ1v) is 15.1. The lowest BCUT2D eigenvalue weighted by Gasteiger charge is -2.31. The number of phenolic OH excluding ortho intramolecular Hbond substituents is 1. The number of benzene rings is 2. The van der Waals surface area contributed by atoms with Crippen LogP contribution >= 0.6 is 0 Å². The van der Waals surface area contributed by atoms with Crippen LogP contribution in [0.2, 0.25) is 0 Å². The number of primary sulfonamides is 1. The smallest absolute Gasteiger partial charge is 0.319 e. The number of hydrogen-bond donors (Lipinski definition) is 3. The van der Waals surface area contributed by atoms with E-state index in [-0.39, 0.29) is 47.2 Å². The molecule has 6 rings (SSSR count). The van der Waals surface area contributed by atoms with Crippen LogP contribution in [0.15, 0.2) is 42.6 Å². The Kier molecular flexibility index (Phi) is 6.93. The first kappa shape index (κ1) is 26.6. The molecule has 2 aromatic heterocycles. The van der Waals surface area contributed by atoms with Crippen molar-refractivity contribution in [1.82, 2.24) is 19.9 Å². The Bertz CT molecular complexity index is 1690. The van der Waals surface area contributed by atoms with Crippen LogP contribution in [0.25, 0.3) is 32.9 Å². The van der Waals surface area contributed by atoms with Crippen molar-refractivity contribution in [3.63, 3.8) is 0 Å². The molecule has 2 aliphatic rings. The van der Waals surface area contributed by atoms with E-state index in [1.807, 2.05) is 24.3 Å². The summed E-state index contributed by atoms with van der Waals surface area (Å²) < 4.78 is 45.1. The zero-order chi connectivity index (χ0) is 27.9. The molecule has 2 fully saturated rings. The SMILES string of the molecule is NS(=O)(=O)CCCNc1nc(OCC23CCCN2CCC3)nc2c(F)c(-c3cc(O)cc4ccccc34)ncc12. The number of ether oxygens (including phenoxy) is 1. The minimum Gasteiger partial charge on any atom is -0.508 e. The summed E-state index contributed by atoms with van der Waals surface area (Å²) in [5.74, 6) is -0.586. The highest BCUT2D eigenvalue weighted by atomic mass is 32.2. The summed E-state index contributed by atoms with van der Waals surface area (Å²) in [7, 11) is -3.62. The van der Waals surface area contributed by atoms with Gasteiger partial charge in [0.05, 0.1) is 16.7 Å². The Morgan fingerprint density at radius 1 is 1.12 bits per heavy atom. The lowest BCUT2D eigenvalue weighted by atomic mass is 9.95. The molecule has 4 N–H and O–H groups in total. The number of pyridine rings is 1. The molecule has 0 amide bonds. The van der Waals surface area contributed by atoms with Crippen molar-refractivity contribution in [1.29, 1.82) is 0 Å². The van der Waals surface area contributed by atoms with Crippen LogP contribution in [0.5, 0.6) is 11.8 Å². The van der Waals surface area contributed by atoms with Crippen molar-refractivity contribution < 1.29 is 22.7 Å². The number of halogens is 1. The van der Waals surface area contributed by atoms with Crippen molar-refractivity contribution in [2.75, 3.05) is 37.3 Å². The van der Waals surface area contributed by atoms with E-state index < -0.39 is 15.8 Å². The minimum absolute atomic E-state index is 0.00384. The molecule has 10 nitrogen and oxygen atoms in total. The van der Waals surface area contributed by atoms with Gasteiger partial charge in [0.15, 0.2) is 5.82 Å². The van der Waals surface area contributed by atoms with Crippen molar-refractivity contribution in [3.8, 4) is 23.0 Å². The molecule has 4 heterocycles. The maximum atomic E-state index is 16.3. The number of aromatic nitrogens is 3. The number of sulfonamides is 1. The Hall–Kier alpha value is -3.61. The second kappa shape index (κ2) is 10.4. The van der Waals surface area contributed by atoms with E-state index >= 15 is 4.39 Å². The van der Waals surface area contributed by atoms with Crippen molar-refractivity contribution in [2.45, 2.75) is 37.6 Å². The van der Waals surface area contributed by atoms with Gasteiger partial charge in [-0.3, -0.25) is 9.88 Å². The number of nitrogens with two attached hydrogens (primary N) is 1. The fraction of sp³-hybridized carbons (Fsp3) is 0.393. The Morgan fingerprint density at radius 3 is 2.67 bits per heavy atom. The molecule has 0 bridgehead atoms. The van der Waals surface area contributed by atoms with E-state index in [4.69, 9.17) is 9.88 Å². The lowest BCUT2D eigenvalue weighted by Crippen LogP contribution is -2.43. The number of rotatable bonds is 9. The average molecular weight is 567 g/mol. The molecule has 2 aliphatic heterocycles. The van der Waals surface area contributed by atoms with Crippen LogP contribution in [0, 0.1) is 5.82 Å². The van der Waals surface area contributed by atoms with Crippen molar-refractivity contribution in [3.05, 3.63) is 48.4 Å². The molecule has 12 heteroatoms. The average Bonchev–Trinajstić information content (AvgIpc) is 3.50. The Balaban J connectivity index is 1.40. The molecule has 0 aliphatic carbocycles. The molecule has 0 spiro atoms. The normalized spacial score (nSPS) is 16.9. The predicted molar refractivity (Wildman–Crippen MR) is 151 cm³/mol. The standard InChI is InChI=1S/C28H31FN6O4S/c29-23-24(21-15-19(36)14-18-6-1-2-7-20(18)21)32-16-22-25(23)33-27(34-26(22)31-10-5-13-40(30,37)38)39-17-28-8-3-11-35(28)12-4-9-28/h1-2,6-7,14-16,36H,3-5,8-13,17H2,(H2,30,37,38)(H,31,33,34). The monoisotopic (exact) mass is 566 g/mol. The van der Waals surface area contributed by atoms with Crippen molar-refractivity contribution in [2.24, 2.45) is 5.14 Å². The third-order valence-corrected chi connectivity index (χ3v) is 8.80. The summed E-state index contributed by atoms with van der Waals surface area (Å²) in [6.45, 7) is 2.72. The number of phenols is 1. The van der Waals surface area contributed by atoms with Gasteiger partial charge < -0.3 is 15.2 Å². The van der Waals surface area contributed by atoms with E-state index in [1.165, 1.54) is 12.3 Å². The van der Waals surface area contributed by atoms with Gasteiger partial charge in [-0.1, -0.05) is 24.3 Å². The molecule has 2 aromatic carbocycles. The van der Waals surface area contributed by atoms with Gasteiger partial charge >= 0.3 is 6.01 Å². The maximum Gasteiger partial charge on any atom is 0.319 e. The number of fused-ring (bicyclic) bond motifs is 3. The summed E-state index contributed by atoms with van der Waals surface area (Å²) in [6.07, 6.45) is 6.01. The second-order valence-corrected chi connectivity index (χ2v) is 12.3. The third kappa shape index (κ3) is 5.14. The molecule has 210 valence electrons. The second-order valence-electron chi connectivity index (χ2n) is 10.6.